The minimum Gasteiger partial charge on any atom is -0.329 e. The van der Waals surface area contributed by atoms with Crippen molar-refractivity contribution in [3.8, 4) is 0 Å². The summed E-state index contributed by atoms with van der Waals surface area (Å²) in [6.45, 7) is 2.84. The number of nitrogens with zero attached hydrogens (tertiary/aromatic N) is 1. The smallest absolute Gasteiger partial charge is 0.0184 e. The maximum atomic E-state index is 5.33. The number of likely N-dealkylation sites (N-methyl/N-ethyl adjacent to an activating group) is 1. The molecule has 0 amide bonds. The Morgan fingerprint density at radius 3 is 1.67 bits per heavy atom. The Bertz CT molecular complexity index is 50.2. The predicted octanol–water partition coefficient (Wildman–Crippen LogP) is 0.739. The molecular formula is C5H16Cl2N2. The summed E-state index contributed by atoms with van der Waals surface area (Å²) in [4.78, 5) is 2.10. The Hall–Kier alpha value is 0.500. The Labute approximate surface area is 69.6 Å². The molecule has 0 aliphatic carbocycles. The van der Waals surface area contributed by atoms with Crippen molar-refractivity contribution in [3.05, 3.63) is 0 Å². The minimum atomic E-state index is 0. The normalized spacial score (nSPS) is 11.7. The van der Waals surface area contributed by atoms with E-state index in [0.29, 0.717) is 6.04 Å². The van der Waals surface area contributed by atoms with Crippen LogP contribution in [0.1, 0.15) is 6.92 Å². The molecule has 0 saturated heterocycles. The summed E-state index contributed by atoms with van der Waals surface area (Å²) >= 11 is 0. The van der Waals surface area contributed by atoms with Crippen LogP contribution < -0.4 is 5.73 Å². The van der Waals surface area contributed by atoms with Gasteiger partial charge in [-0.15, -0.1) is 24.8 Å². The van der Waals surface area contributed by atoms with Gasteiger partial charge in [0.05, 0.1) is 0 Å². The first-order valence-electron chi connectivity index (χ1n) is 2.55. The van der Waals surface area contributed by atoms with Crippen molar-refractivity contribution in [1.82, 2.24) is 4.90 Å². The molecule has 0 aromatic heterocycles. The van der Waals surface area contributed by atoms with E-state index in [1.807, 2.05) is 14.1 Å². The second kappa shape index (κ2) is 8.50. The van der Waals surface area contributed by atoms with Gasteiger partial charge in [-0.05, 0) is 21.0 Å². The summed E-state index contributed by atoms with van der Waals surface area (Å²) in [5, 5.41) is 0. The fourth-order valence-electron chi connectivity index (χ4n) is 0.211. The molecule has 0 heterocycles. The Kier molecular flexibility index (Phi) is 15.3. The van der Waals surface area contributed by atoms with Gasteiger partial charge in [-0.25, -0.2) is 0 Å². The molecule has 1 unspecified atom stereocenters. The molecule has 9 heavy (non-hydrogen) atoms. The number of nitrogens with two attached hydrogens (primary N) is 1. The van der Waals surface area contributed by atoms with E-state index in [1.54, 1.807) is 0 Å². The second-order valence-electron chi connectivity index (χ2n) is 2.05. The third kappa shape index (κ3) is 8.50. The Balaban J connectivity index is -0.000000180. The molecule has 1 atom stereocenters. The fourth-order valence-corrected chi connectivity index (χ4v) is 0.211. The van der Waals surface area contributed by atoms with E-state index >= 15 is 0 Å². The molecule has 0 aliphatic heterocycles. The molecule has 0 aromatic rings. The average molecular weight is 175 g/mol. The van der Waals surface area contributed by atoms with Crippen molar-refractivity contribution >= 4 is 24.8 Å². The summed E-state index contributed by atoms with van der Waals surface area (Å²) in [5.41, 5.74) is 5.33. The standard InChI is InChI=1S/C5H14N2.2ClH/c1-5(4-6)7(2)3;;/h5H,4,6H2,1-3H3;2*1H. The zero-order chi connectivity index (χ0) is 5.86. The van der Waals surface area contributed by atoms with Crippen molar-refractivity contribution in [1.29, 1.82) is 0 Å². The first-order valence-corrected chi connectivity index (χ1v) is 2.55. The summed E-state index contributed by atoms with van der Waals surface area (Å²) < 4.78 is 0. The van der Waals surface area contributed by atoms with Crippen LogP contribution in [0, 0.1) is 0 Å². The molecule has 0 saturated carbocycles. The van der Waals surface area contributed by atoms with Crippen LogP contribution >= 0.6 is 24.8 Å². The van der Waals surface area contributed by atoms with E-state index in [2.05, 4.69) is 11.8 Å². The average Bonchev–Trinajstić information content (AvgIpc) is 1.65. The summed E-state index contributed by atoms with van der Waals surface area (Å²) in [6.07, 6.45) is 0. The van der Waals surface area contributed by atoms with Gasteiger partial charge in [0, 0.05) is 12.6 Å². The molecular weight excluding hydrogens is 159 g/mol. The van der Waals surface area contributed by atoms with Gasteiger partial charge in [0.2, 0.25) is 0 Å². The topological polar surface area (TPSA) is 29.3 Å². The zero-order valence-electron chi connectivity index (χ0n) is 6.13. The highest BCUT2D eigenvalue weighted by Gasteiger charge is 1.97. The molecule has 0 spiro atoms. The van der Waals surface area contributed by atoms with Crippen LogP contribution in [0.25, 0.3) is 0 Å². The first kappa shape index (κ1) is 16.2. The highest BCUT2D eigenvalue weighted by atomic mass is 35.5. The first-order chi connectivity index (χ1) is 3.18. The minimum absolute atomic E-state index is 0. The van der Waals surface area contributed by atoms with E-state index < -0.39 is 0 Å². The molecule has 60 valence electrons. The lowest BCUT2D eigenvalue weighted by atomic mass is 10.3. The van der Waals surface area contributed by atoms with Gasteiger partial charge in [-0.3, -0.25) is 0 Å². The Morgan fingerprint density at radius 2 is 1.67 bits per heavy atom. The van der Waals surface area contributed by atoms with E-state index in [9.17, 15) is 0 Å². The van der Waals surface area contributed by atoms with Crippen molar-refractivity contribution < 1.29 is 0 Å². The van der Waals surface area contributed by atoms with Gasteiger partial charge in [-0.1, -0.05) is 0 Å². The van der Waals surface area contributed by atoms with Gasteiger partial charge < -0.3 is 10.6 Å². The lowest BCUT2D eigenvalue weighted by molar-refractivity contribution is 0.320. The second-order valence-corrected chi connectivity index (χ2v) is 2.05. The quantitative estimate of drug-likeness (QED) is 0.670. The van der Waals surface area contributed by atoms with Crippen LogP contribution in [0.2, 0.25) is 0 Å². The largest absolute Gasteiger partial charge is 0.329 e. The maximum Gasteiger partial charge on any atom is 0.0184 e. The molecule has 2 N–H and O–H groups in total. The molecule has 0 radical (unpaired) electrons. The summed E-state index contributed by atoms with van der Waals surface area (Å²) in [6, 6.07) is 0.514. The summed E-state index contributed by atoms with van der Waals surface area (Å²) in [5.74, 6) is 0. The predicted molar refractivity (Wildman–Crippen MR) is 46.7 cm³/mol. The lowest BCUT2D eigenvalue weighted by Gasteiger charge is -2.16. The van der Waals surface area contributed by atoms with Crippen molar-refractivity contribution in [2.45, 2.75) is 13.0 Å². The highest BCUT2D eigenvalue weighted by molar-refractivity contribution is 5.85. The molecule has 0 rings (SSSR count). The van der Waals surface area contributed by atoms with Gasteiger partial charge in [0.15, 0.2) is 0 Å². The molecule has 2 nitrogen and oxygen atoms in total. The van der Waals surface area contributed by atoms with Crippen LogP contribution in [-0.4, -0.2) is 31.6 Å². The van der Waals surface area contributed by atoms with E-state index in [-0.39, 0.29) is 24.8 Å². The Morgan fingerprint density at radius 1 is 1.33 bits per heavy atom. The maximum absolute atomic E-state index is 5.33. The van der Waals surface area contributed by atoms with Crippen molar-refractivity contribution in [2.75, 3.05) is 20.6 Å². The van der Waals surface area contributed by atoms with Gasteiger partial charge in [0.25, 0.3) is 0 Å². The number of hydrogen-bond acceptors (Lipinski definition) is 2. The number of halogens is 2. The molecule has 0 fully saturated rings. The van der Waals surface area contributed by atoms with Crippen LogP contribution in [0.4, 0.5) is 0 Å². The zero-order valence-corrected chi connectivity index (χ0v) is 7.76. The molecule has 4 heteroatoms. The van der Waals surface area contributed by atoms with Gasteiger partial charge >= 0.3 is 0 Å². The van der Waals surface area contributed by atoms with E-state index in [0.717, 1.165) is 6.54 Å². The monoisotopic (exact) mass is 174 g/mol. The number of rotatable bonds is 2. The van der Waals surface area contributed by atoms with Crippen molar-refractivity contribution in [3.63, 3.8) is 0 Å². The van der Waals surface area contributed by atoms with E-state index in [4.69, 9.17) is 5.73 Å². The SMILES string of the molecule is CC(CN)N(C)C.Cl.Cl. The van der Waals surface area contributed by atoms with E-state index in [1.165, 1.54) is 0 Å². The highest BCUT2D eigenvalue weighted by Crippen LogP contribution is 1.84. The number of hydrogen-bond donors (Lipinski definition) is 1. The van der Waals surface area contributed by atoms with Crippen molar-refractivity contribution in [2.24, 2.45) is 5.73 Å². The van der Waals surface area contributed by atoms with Crippen LogP contribution in [0.3, 0.4) is 0 Å². The third-order valence-corrected chi connectivity index (χ3v) is 1.22. The van der Waals surface area contributed by atoms with Gasteiger partial charge in [0.1, 0.15) is 0 Å². The van der Waals surface area contributed by atoms with Crippen LogP contribution in [0.5, 0.6) is 0 Å². The van der Waals surface area contributed by atoms with Crippen LogP contribution in [-0.2, 0) is 0 Å². The fraction of sp³-hybridized carbons (Fsp3) is 1.00. The lowest BCUT2D eigenvalue weighted by Crippen LogP contribution is -2.31. The molecule has 0 bridgehead atoms. The molecule has 0 aromatic carbocycles. The molecule has 0 aliphatic rings. The van der Waals surface area contributed by atoms with Crippen LogP contribution in [0.15, 0.2) is 0 Å². The van der Waals surface area contributed by atoms with Gasteiger partial charge in [-0.2, -0.15) is 0 Å². The third-order valence-electron chi connectivity index (χ3n) is 1.22. The summed E-state index contributed by atoms with van der Waals surface area (Å²) in [7, 11) is 4.05.